The lowest BCUT2D eigenvalue weighted by Crippen LogP contribution is -2.15. The summed E-state index contributed by atoms with van der Waals surface area (Å²) in [5.74, 6) is 0.116. The monoisotopic (exact) mass is 250 g/mol. The van der Waals surface area contributed by atoms with Gasteiger partial charge >= 0.3 is 0 Å². The van der Waals surface area contributed by atoms with Crippen LogP contribution in [-0.4, -0.2) is 15.5 Å². The number of imidazole rings is 1. The lowest BCUT2D eigenvalue weighted by Gasteiger charge is -2.07. The number of rotatable bonds is 2. The minimum Gasteiger partial charge on any atom is -0.399 e. The zero-order valence-corrected chi connectivity index (χ0v) is 9.90. The Morgan fingerprint density at radius 2 is 2.29 bits per heavy atom. The number of benzene rings is 1. The van der Waals surface area contributed by atoms with Gasteiger partial charge in [0, 0.05) is 25.1 Å². The molecule has 0 aliphatic carbocycles. The topological polar surface area (TPSA) is 72.9 Å². The average molecular weight is 251 g/mol. The van der Waals surface area contributed by atoms with Crippen molar-refractivity contribution in [3.05, 3.63) is 41.2 Å². The van der Waals surface area contributed by atoms with E-state index in [0.717, 1.165) is 0 Å². The largest absolute Gasteiger partial charge is 0.399 e. The molecule has 0 spiro atoms. The van der Waals surface area contributed by atoms with E-state index in [9.17, 15) is 4.79 Å². The molecule has 2 rings (SSSR count). The Morgan fingerprint density at radius 3 is 2.94 bits per heavy atom. The highest BCUT2D eigenvalue weighted by Gasteiger charge is 2.12. The third-order valence-corrected chi connectivity index (χ3v) is 2.61. The molecule has 88 valence electrons. The highest BCUT2D eigenvalue weighted by molar-refractivity contribution is 6.34. The van der Waals surface area contributed by atoms with Gasteiger partial charge in [0.1, 0.15) is 0 Å². The fraction of sp³-hybridized carbons (Fsp3) is 0.0909. The van der Waals surface area contributed by atoms with Crippen LogP contribution < -0.4 is 11.1 Å². The van der Waals surface area contributed by atoms with Gasteiger partial charge in [-0.3, -0.25) is 10.1 Å². The second kappa shape index (κ2) is 4.47. The van der Waals surface area contributed by atoms with Gasteiger partial charge in [0.15, 0.2) is 0 Å². The molecule has 0 saturated carbocycles. The summed E-state index contributed by atoms with van der Waals surface area (Å²) in [6.07, 6.45) is 3.33. The number of aromatic nitrogens is 2. The number of carbonyl (C=O) groups is 1. The van der Waals surface area contributed by atoms with E-state index in [2.05, 4.69) is 10.3 Å². The Morgan fingerprint density at radius 1 is 1.53 bits per heavy atom. The summed E-state index contributed by atoms with van der Waals surface area (Å²) >= 11 is 5.93. The van der Waals surface area contributed by atoms with Crippen molar-refractivity contribution in [3.8, 4) is 0 Å². The fourth-order valence-electron chi connectivity index (χ4n) is 1.37. The Bertz CT molecular complexity index is 564. The molecule has 6 heteroatoms. The van der Waals surface area contributed by atoms with Crippen LogP contribution in [0.25, 0.3) is 0 Å². The second-order valence-corrected chi connectivity index (χ2v) is 3.96. The summed E-state index contributed by atoms with van der Waals surface area (Å²) in [4.78, 5) is 15.9. The Labute approximate surface area is 103 Å². The zero-order valence-electron chi connectivity index (χ0n) is 9.14. The third-order valence-electron chi connectivity index (χ3n) is 2.28. The number of aryl methyl sites for hydroxylation is 1. The Hall–Kier alpha value is -2.01. The Kier molecular flexibility index (Phi) is 3.01. The van der Waals surface area contributed by atoms with E-state index < -0.39 is 0 Å². The number of anilines is 2. The van der Waals surface area contributed by atoms with Gasteiger partial charge in [-0.15, -0.1) is 0 Å². The number of nitrogens with one attached hydrogen (secondary N) is 1. The molecule has 1 amide bonds. The van der Waals surface area contributed by atoms with Crippen molar-refractivity contribution < 1.29 is 4.79 Å². The Balaban J connectivity index is 2.26. The van der Waals surface area contributed by atoms with Gasteiger partial charge in [0.05, 0.1) is 10.6 Å². The summed E-state index contributed by atoms with van der Waals surface area (Å²) < 4.78 is 1.69. The van der Waals surface area contributed by atoms with Crippen LogP contribution in [0.2, 0.25) is 5.02 Å². The van der Waals surface area contributed by atoms with Crippen molar-refractivity contribution in [2.75, 3.05) is 11.1 Å². The molecule has 0 saturated heterocycles. The van der Waals surface area contributed by atoms with E-state index in [0.29, 0.717) is 22.2 Å². The van der Waals surface area contributed by atoms with Crippen molar-refractivity contribution in [1.82, 2.24) is 9.55 Å². The van der Waals surface area contributed by atoms with Crippen LogP contribution in [0.15, 0.2) is 30.6 Å². The first-order chi connectivity index (χ1) is 8.08. The smallest absolute Gasteiger partial charge is 0.259 e. The number of hydrogen-bond donors (Lipinski definition) is 2. The molecule has 0 bridgehead atoms. The standard InChI is InChI=1S/C11H11ClN4O/c1-16-5-4-14-11(16)15-10(17)8-6-7(13)2-3-9(8)12/h2-6H,13H2,1H3,(H,14,15,17). The molecule has 0 unspecified atom stereocenters. The van der Waals surface area contributed by atoms with Crippen molar-refractivity contribution in [3.63, 3.8) is 0 Å². The molecular formula is C11H11ClN4O. The summed E-state index contributed by atoms with van der Waals surface area (Å²) in [6, 6.07) is 4.75. The van der Waals surface area contributed by atoms with Gasteiger partial charge in [0.25, 0.3) is 5.91 Å². The molecule has 3 N–H and O–H groups in total. The van der Waals surface area contributed by atoms with Crippen molar-refractivity contribution in [2.24, 2.45) is 7.05 Å². The number of nitrogens with two attached hydrogens (primary N) is 1. The van der Waals surface area contributed by atoms with Gasteiger partial charge in [-0.1, -0.05) is 11.6 Å². The van der Waals surface area contributed by atoms with E-state index in [1.54, 1.807) is 36.1 Å². The molecule has 0 aliphatic heterocycles. The second-order valence-electron chi connectivity index (χ2n) is 3.56. The SMILES string of the molecule is Cn1ccnc1NC(=O)c1cc(N)ccc1Cl. The van der Waals surface area contributed by atoms with E-state index in [1.807, 2.05) is 0 Å². The van der Waals surface area contributed by atoms with Gasteiger partial charge in [-0.05, 0) is 18.2 Å². The summed E-state index contributed by atoms with van der Waals surface area (Å²) in [7, 11) is 1.78. The molecule has 1 heterocycles. The van der Waals surface area contributed by atoms with Gasteiger partial charge < -0.3 is 10.3 Å². The molecule has 1 aromatic carbocycles. The number of halogens is 1. The first-order valence-corrected chi connectivity index (χ1v) is 5.29. The zero-order chi connectivity index (χ0) is 12.4. The lowest BCUT2D eigenvalue weighted by molar-refractivity contribution is 0.102. The van der Waals surface area contributed by atoms with Crippen molar-refractivity contribution in [2.45, 2.75) is 0 Å². The summed E-state index contributed by atoms with van der Waals surface area (Å²) in [5.41, 5.74) is 6.42. The van der Waals surface area contributed by atoms with Crippen LogP contribution >= 0.6 is 11.6 Å². The van der Waals surface area contributed by atoms with E-state index >= 15 is 0 Å². The predicted molar refractivity (Wildman–Crippen MR) is 67.0 cm³/mol. The molecule has 1 aromatic heterocycles. The first-order valence-electron chi connectivity index (χ1n) is 4.91. The molecule has 0 radical (unpaired) electrons. The molecular weight excluding hydrogens is 240 g/mol. The van der Waals surface area contributed by atoms with E-state index in [1.165, 1.54) is 6.07 Å². The van der Waals surface area contributed by atoms with Crippen LogP contribution in [0, 0.1) is 0 Å². The normalized spacial score (nSPS) is 10.2. The molecule has 0 atom stereocenters. The minimum absolute atomic E-state index is 0.328. The predicted octanol–water partition coefficient (Wildman–Crippen LogP) is 1.91. The summed E-state index contributed by atoms with van der Waals surface area (Å²) in [6.45, 7) is 0. The number of carbonyl (C=O) groups excluding carboxylic acids is 1. The maximum Gasteiger partial charge on any atom is 0.259 e. The molecule has 0 aliphatic rings. The van der Waals surface area contributed by atoms with E-state index in [4.69, 9.17) is 17.3 Å². The minimum atomic E-state index is -0.336. The molecule has 0 fully saturated rings. The average Bonchev–Trinajstić information content (AvgIpc) is 2.68. The quantitative estimate of drug-likeness (QED) is 0.800. The number of nitrogens with zero attached hydrogens (tertiary/aromatic N) is 2. The molecule has 17 heavy (non-hydrogen) atoms. The first kappa shape index (κ1) is 11.5. The van der Waals surface area contributed by atoms with Crippen molar-refractivity contribution in [1.29, 1.82) is 0 Å². The lowest BCUT2D eigenvalue weighted by atomic mass is 10.2. The maximum atomic E-state index is 11.9. The highest BCUT2D eigenvalue weighted by atomic mass is 35.5. The van der Waals surface area contributed by atoms with Gasteiger partial charge in [-0.2, -0.15) is 0 Å². The number of hydrogen-bond acceptors (Lipinski definition) is 3. The highest BCUT2D eigenvalue weighted by Crippen LogP contribution is 2.19. The number of amides is 1. The molecule has 2 aromatic rings. The van der Waals surface area contributed by atoms with Crippen LogP contribution in [0.3, 0.4) is 0 Å². The number of nitrogen functional groups attached to an aromatic ring is 1. The fourth-order valence-corrected chi connectivity index (χ4v) is 1.58. The molecule has 5 nitrogen and oxygen atoms in total. The van der Waals surface area contributed by atoms with Crippen molar-refractivity contribution >= 4 is 29.1 Å². The van der Waals surface area contributed by atoms with Crippen LogP contribution in [0.1, 0.15) is 10.4 Å². The van der Waals surface area contributed by atoms with Crippen LogP contribution in [0.4, 0.5) is 11.6 Å². The van der Waals surface area contributed by atoms with Gasteiger partial charge in [0.2, 0.25) is 5.95 Å². The van der Waals surface area contributed by atoms with E-state index in [-0.39, 0.29) is 5.91 Å². The maximum absolute atomic E-state index is 11.9. The van der Waals surface area contributed by atoms with Crippen LogP contribution in [0.5, 0.6) is 0 Å². The summed E-state index contributed by atoms with van der Waals surface area (Å²) in [5, 5.41) is 3.00. The third kappa shape index (κ3) is 2.39. The van der Waals surface area contributed by atoms with Gasteiger partial charge in [-0.25, -0.2) is 4.98 Å². The van der Waals surface area contributed by atoms with Crippen LogP contribution in [-0.2, 0) is 7.05 Å².